The van der Waals surface area contributed by atoms with Gasteiger partial charge >= 0.3 is 5.97 Å². The number of rotatable bonds is 19. The molecule has 0 fully saturated rings. The predicted octanol–water partition coefficient (Wildman–Crippen LogP) is 4.21. The molecule has 0 bridgehead atoms. The molecule has 2 N–H and O–H groups in total. The Labute approximate surface area is 154 Å². The van der Waals surface area contributed by atoms with Gasteiger partial charge < -0.3 is 15.1 Å². The summed E-state index contributed by atoms with van der Waals surface area (Å²) in [5, 5.41) is 19.0. The van der Waals surface area contributed by atoms with Crippen molar-refractivity contribution in [3.63, 3.8) is 0 Å². The molecule has 0 aromatic carbocycles. The zero-order valence-electron chi connectivity index (χ0n) is 16.4. The molecule has 5 nitrogen and oxygen atoms in total. The highest BCUT2D eigenvalue weighted by Gasteiger charge is 2.10. The summed E-state index contributed by atoms with van der Waals surface area (Å²) in [5.41, 5.74) is 0. The molecule has 25 heavy (non-hydrogen) atoms. The Morgan fingerprint density at radius 3 is 1.52 bits per heavy atom. The maximum Gasteiger partial charge on any atom is 0.325 e. The highest BCUT2D eigenvalue weighted by Crippen LogP contribution is 2.13. The van der Waals surface area contributed by atoms with Crippen molar-refractivity contribution < 1.29 is 19.8 Å². The molecule has 0 aromatic heterocycles. The van der Waals surface area contributed by atoms with E-state index in [1.54, 1.807) is 0 Å². The quantitative estimate of drug-likeness (QED) is 0.267. The first-order chi connectivity index (χ1) is 12.2. The van der Waals surface area contributed by atoms with Crippen LogP contribution in [0.3, 0.4) is 0 Å². The van der Waals surface area contributed by atoms with Crippen molar-refractivity contribution in [2.75, 3.05) is 26.3 Å². The van der Waals surface area contributed by atoms with Gasteiger partial charge in [0.1, 0.15) is 0 Å². The van der Waals surface area contributed by atoms with Gasteiger partial charge in [0.05, 0.1) is 26.3 Å². The smallest absolute Gasteiger partial charge is 0.325 e. The summed E-state index contributed by atoms with van der Waals surface area (Å²) in [6, 6.07) is 0. The molecule has 0 rings (SSSR count). The van der Waals surface area contributed by atoms with Crippen molar-refractivity contribution in [3.05, 3.63) is 0 Å². The van der Waals surface area contributed by atoms with Crippen LogP contribution in [-0.4, -0.2) is 47.5 Å². The van der Waals surface area contributed by atoms with Crippen LogP contribution >= 0.6 is 0 Å². The fourth-order valence-electron chi connectivity index (χ4n) is 2.90. The number of unbranched alkanes of at least 4 members (excludes halogenated alkanes) is 12. The topological polar surface area (TPSA) is 70.0 Å². The molecule has 0 aliphatic carbocycles. The van der Waals surface area contributed by atoms with Crippen molar-refractivity contribution in [1.82, 2.24) is 5.06 Å². The van der Waals surface area contributed by atoms with Gasteiger partial charge in [-0.1, -0.05) is 84.0 Å². The summed E-state index contributed by atoms with van der Waals surface area (Å²) in [6.07, 6.45) is 17.0. The van der Waals surface area contributed by atoms with Crippen molar-refractivity contribution >= 4 is 5.97 Å². The molecule has 0 saturated carbocycles. The minimum absolute atomic E-state index is 0.0913. The van der Waals surface area contributed by atoms with E-state index in [-0.39, 0.29) is 32.3 Å². The van der Waals surface area contributed by atoms with E-state index < -0.39 is 0 Å². The molecule has 0 heterocycles. The number of carbonyl (C=O) groups is 1. The zero-order chi connectivity index (χ0) is 18.6. The second kappa shape index (κ2) is 19.7. The van der Waals surface area contributed by atoms with E-state index in [1.807, 2.05) is 0 Å². The van der Waals surface area contributed by atoms with Gasteiger partial charge in [0.2, 0.25) is 0 Å². The summed E-state index contributed by atoms with van der Waals surface area (Å²) in [6.45, 7) is 2.56. The lowest BCUT2D eigenvalue weighted by Gasteiger charge is -2.18. The molecule has 0 amide bonds. The fourth-order valence-corrected chi connectivity index (χ4v) is 2.90. The number of nitrogens with zero attached hydrogens (tertiary/aromatic N) is 1. The lowest BCUT2D eigenvalue weighted by Crippen LogP contribution is -2.32. The Morgan fingerprint density at radius 1 is 0.720 bits per heavy atom. The SMILES string of the molecule is CCCCCCCCCCCCCCCC(=O)ON(CCO)CCO. The van der Waals surface area contributed by atoms with E-state index in [0.29, 0.717) is 6.42 Å². The van der Waals surface area contributed by atoms with Gasteiger partial charge in [-0.3, -0.25) is 4.79 Å². The third-order valence-corrected chi connectivity index (χ3v) is 4.41. The number of aliphatic hydroxyl groups excluding tert-OH is 2. The van der Waals surface area contributed by atoms with E-state index >= 15 is 0 Å². The van der Waals surface area contributed by atoms with Gasteiger partial charge in [-0.05, 0) is 6.42 Å². The molecular weight excluding hydrogens is 318 g/mol. The third kappa shape index (κ3) is 18.0. The van der Waals surface area contributed by atoms with E-state index in [2.05, 4.69) is 6.92 Å². The minimum Gasteiger partial charge on any atom is -0.395 e. The monoisotopic (exact) mass is 359 g/mol. The van der Waals surface area contributed by atoms with Crippen LogP contribution in [0.1, 0.15) is 96.8 Å². The first-order valence-corrected chi connectivity index (χ1v) is 10.4. The Hall–Kier alpha value is -0.650. The molecular formula is C20H41NO4. The van der Waals surface area contributed by atoms with Gasteiger partial charge in [-0.2, -0.15) is 0 Å². The molecule has 0 unspecified atom stereocenters. The van der Waals surface area contributed by atoms with Crippen LogP contribution in [0.15, 0.2) is 0 Å². The van der Waals surface area contributed by atoms with Crippen LogP contribution in [0.4, 0.5) is 0 Å². The molecule has 150 valence electrons. The highest BCUT2D eigenvalue weighted by molar-refractivity contribution is 5.68. The van der Waals surface area contributed by atoms with Crippen LogP contribution in [0.2, 0.25) is 0 Å². The van der Waals surface area contributed by atoms with Gasteiger partial charge in [0.25, 0.3) is 0 Å². The van der Waals surface area contributed by atoms with Crippen LogP contribution in [-0.2, 0) is 9.63 Å². The maximum atomic E-state index is 11.7. The van der Waals surface area contributed by atoms with Crippen molar-refractivity contribution in [2.45, 2.75) is 96.8 Å². The standard InChI is InChI=1S/C20H41NO4/c1-2-3-4-5-6-7-8-9-10-11-12-13-14-15-20(24)25-21(16-18-22)17-19-23/h22-23H,2-19H2,1H3. The average molecular weight is 360 g/mol. The highest BCUT2D eigenvalue weighted by atomic mass is 16.7. The van der Waals surface area contributed by atoms with E-state index in [9.17, 15) is 4.79 Å². The minimum atomic E-state index is -0.273. The molecule has 0 saturated heterocycles. The Bertz CT molecular complexity index is 281. The van der Waals surface area contributed by atoms with Crippen LogP contribution in [0.25, 0.3) is 0 Å². The number of hydrogen-bond donors (Lipinski definition) is 2. The summed E-state index contributed by atoms with van der Waals surface area (Å²) in [7, 11) is 0. The Balaban J connectivity index is 3.33. The molecule has 0 aliphatic rings. The molecule has 0 radical (unpaired) electrons. The maximum absolute atomic E-state index is 11.7. The molecule has 0 aliphatic heterocycles. The van der Waals surface area contributed by atoms with E-state index in [4.69, 9.17) is 15.1 Å². The number of carbonyl (C=O) groups excluding carboxylic acids is 1. The number of hydrogen-bond acceptors (Lipinski definition) is 5. The van der Waals surface area contributed by atoms with Crippen molar-refractivity contribution in [1.29, 1.82) is 0 Å². The number of hydroxylamine groups is 2. The van der Waals surface area contributed by atoms with Gasteiger partial charge in [0, 0.05) is 6.42 Å². The fraction of sp³-hybridized carbons (Fsp3) is 0.950. The molecule has 5 heteroatoms. The van der Waals surface area contributed by atoms with Crippen molar-refractivity contribution in [2.24, 2.45) is 0 Å². The zero-order valence-corrected chi connectivity index (χ0v) is 16.4. The van der Waals surface area contributed by atoms with Crippen LogP contribution in [0.5, 0.6) is 0 Å². The van der Waals surface area contributed by atoms with Gasteiger partial charge in [-0.25, -0.2) is 0 Å². The molecule has 0 atom stereocenters. The largest absolute Gasteiger partial charge is 0.395 e. The summed E-state index contributed by atoms with van der Waals surface area (Å²) in [5.74, 6) is -0.273. The Morgan fingerprint density at radius 2 is 1.12 bits per heavy atom. The van der Waals surface area contributed by atoms with Gasteiger partial charge in [-0.15, -0.1) is 5.06 Å². The summed E-state index contributed by atoms with van der Waals surface area (Å²) in [4.78, 5) is 16.8. The number of aliphatic hydroxyl groups is 2. The predicted molar refractivity (Wildman–Crippen MR) is 102 cm³/mol. The first-order valence-electron chi connectivity index (χ1n) is 10.4. The van der Waals surface area contributed by atoms with E-state index in [0.717, 1.165) is 12.8 Å². The third-order valence-electron chi connectivity index (χ3n) is 4.41. The van der Waals surface area contributed by atoms with Gasteiger partial charge in [0.15, 0.2) is 0 Å². The summed E-state index contributed by atoms with van der Waals surface area (Å²) >= 11 is 0. The van der Waals surface area contributed by atoms with Crippen molar-refractivity contribution in [3.8, 4) is 0 Å². The molecule has 0 spiro atoms. The van der Waals surface area contributed by atoms with Crippen LogP contribution in [0, 0.1) is 0 Å². The molecule has 0 aromatic rings. The normalized spacial score (nSPS) is 11.2. The lowest BCUT2D eigenvalue weighted by molar-refractivity contribution is -0.194. The Kier molecular flexibility index (Phi) is 19.2. The van der Waals surface area contributed by atoms with Crippen LogP contribution < -0.4 is 0 Å². The van der Waals surface area contributed by atoms with E-state index in [1.165, 1.54) is 75.7 Å². The summed E-state index contributed by atoms with van der Waals surface area (Å²) < 4.78 is 0. The second-order valence-corrected chi connectivity index (χ2v) is 6.83. The lowest BCUT2D eigenvalue weighted by atomic mass is 10.0. The average Bonchev–Trinajstić information content (AvgIpc) is 2.59. The first kappa shape index (κ1) is 24.4. The second-order valence-electron chi connectivity index (χ2n) is 6.83.